The summed E-state index contributed by atoms with van der Waals surface area (Å²) in [4.78, 5) is 14.5. The molecule has 0 aliphatic carbocycles. The van der Waals surface area contributed by atoms with E-state index in [9.17, 15) is 4.79 Å². The molecular weight excluding hydrogens is 306 g/mol. The van der Waals surface area contributed by atoms with Gasteiger partial charge in [0.1, 0.15) is 19.0 Å². The second-order valence-corrected chi connectivity index (χ2v) is 5.94. The monoisotopic (exact) mass is 325 g/mol. The Morgan fingerprint density at radius 3 is 2.88 bits per heavy atom. The first-order valence-corrected chi connectivity index (χ1v) is 8.23. The van der Waals surface area contributed by atoms with Crippen LogP contribution in [-0.2, 0) is 4.79 Å². The van der Waals surface area contributed by atoms with Gasteiger partial charge >= 0.3 is 0 Å². The molecule has 1 aromatic carbocycles. The number of likely N-dealkylation sites (tertiary alicyclic amines) is 1. The van der Waals surface area contributed by atoms with E-state index in [-0.39, 0.29) is 11.9 Å². The minimum Gasteiger partial charge on any atom is -0.486 e. The molecule has 0 spiro atoms. The van der Waals surface area contributed by atoms with Crippen molar-refractivity contribution in [3.63, 3.8) is 0 Å². The predicted octanol–water partition coefficient (Wildman–Crippen LogP) is 3.43. The highest BCUT2D eigenvalue weighted by Gasteiger charge is 2.29. The normalized spacial score (nSPS) is 19.8. The minimum atomic E-state index is 0.00351. The number of carbonyl (C=O) groups excluding carboxylic acids is 1. The summed E-state index contributed by atoms with van der Waals surface area (Å²) < 4.78 is 16.5. The third-order valence-corrected chi connectivity index (χ3v) is 4.42. The molecule has 1 unspecified atom stereocenters. The molecule has 1 saturated heterocycles. The Kier molecular flexibility index (Phi) is 3.99. The summed E-state index contributed by atoms with van der Waals surface area (Å²) in [5.41, 5.74) is 1.09. The van der Waals surface area contributed by atoms with Crippen molar-refractivity contribution < 1.29 is 18.7 Å². The van der Waals surface area contributed by atoms with E-state index in [1.165, 1.54) is 0 Å². The van der Waals surface area contributed by atoms with Crippen molar-refractivity contribution in [2.45, 2.75) is 18.9 Å². The summed E-state index contributed by atoms with van der Waals surface area (Å²) in [6.45, 7) is 1.91. The molecule has 0 N–H and O–H groups in total. The maximum absolute atomic E-state index is 12.6. The molecule has 1 atom stereocenters. The van der Waals surface area contributed by atoms with Gasteiger partial charge in [0, 0.05) is 12.6 Å². The van der Waals surface area contributed by atoms with Crippen LogP contribution in [0.2, 0.25) is 0 Å². The van der Waals surface area contributed by atoms with Crippen LogP contribution in [0.3, 0.4) is 0 Å². The lowest BCUT2D eigenvalue weighted by molar-refractivity contribution is -0.126. The number of amides is 1. The van der Waals surface area contributed by atoms with Gasteiger partial charge in [-0.25, -0.2) is 0 Å². The van der Waals surface area contributed by atoms with Crippen LogP contribution in [0.15, 0.2) is 47.1 Å². The SMILES string of the molecule is O=C(C=Cc1ccco1)N1CCCC1c1ccc2c(c1)OCCO2. The number of carbonyl (C=O) groups is 1. The van der Waals surface area contributed by atoms with Crippen LogP contribution in [0.5, 0.6) is 11.5 Å². The third-order valence-electron chi connectivity index (χ3n) is 4.42. The number of benzene rings is 1. The van der Waals surface area contributed by atoms with Gasteiger partial charge < -0.3 is 18.8 Å². The fourth-order valence-corrected chi connectivity index (χ4v) is 3.28. The Balaban J connectivity index is 1.53. The smallest absolute Gasteiger partial charge is 0.247 e. The van der Waals surface area contributed by atoms with Gasteiger partial charge in [-0.15, -0.1) is 0 Å². The lowest BCUT2D eigenvalue weighted by atomic mass is 10.0. The Bertz CT molecular complexity index is 751. The van der Waals surface area contributed by atoms with Crippen molar-refractivity contribution in [1.82, 2.24) is 4.90 Å². The second-order valence-electron chi connectivity index (χ2n) is 5.94. The summed E-state index contributed by atoms with van der Waals surface area (Å²) in [7, 11) is 0. The zero-order chi connectivity index (χ0) is 16.4. The Hall–Kier alpha value is -2.69. The molecule has 2 aromatic rings. The van der Waals surface area contributed by atoms with E-state index in [1.54, 1.807) is 24.5 Å². The maximum Gasteiger partial charge on any atom is 0.247 e. The van der Waals surface area contributed by atoms with Crippen LogP contribution in [0, 0.1) is 0 Å². The van der Waals surface area contributed by atoms with Crippen LogP contribution < -0.4 is 9.47 Å². The van der Waals surface area contributed by atoms with Crippen LogP contribution in [-0.4, -0.2) is 30.6 Å². The van der Waals surface area contributed by atoms with Crippen LogP contribution in [0.1, 0.15) is 30.2 Å². The topological polar surface area (TPSA) is 51.9 Å². The molecule has 1 amide bonds. The van der Waals surface area contributed by atoms with E-state index in [4.69, 9.17) is 13.9 Å². The third kappa shape index (κ3) is 2.89. The fraction of sp³-hybridized carbons (Fsp3) is 0.316. The molecule has 24 heavy (non-hydrogen) atoms. The van der Waals surface area contributed by atoms with Crippen molar-refractivity contribution in [2.24, 2.45) is 0 Å². The van der Waals surface area contributed by atoms with Gasteiger partial charge in [-0.2, -0.15) is 0 Å². The number of fused-ring (bicyclic) bond motifs is 1. The van der Waals surface area contributed by atoms with Gasteiger partial charge in [0.25, 0.3) is 0 Å². The molecule has 2 aliphatic rings. The lowest BCUT2D eigenvalue weighted by Gasteiger charge is -2.26. The van der Waals surface area contributed by atoms with Crippen LogP contribution >= 0.6 is 0 Å². The summed E-state index contributed by atoms with van der Waals surface area (Å²) in [5.74, 6) is 2.23. The summed E-state index contributed by atoms with van der Waals surface area (Å²) in [6, 6.07) is 9.67. The highest BCUT2D eigenvalue weighted by molar-refractivity contribution is 5.92. The molecule has 4 rings (SSSR count). The van der Waals surface area contributed by atoms with Gasteiger partial charge in [-0.1, -0.05) is 6.07 Å². The maximum atomic E-state index is 12.6. The van der Waals surface area contributed by atoms with Gasteiger partial charge in [-0.05, 0) is 48.7 Å². The molecule has 124 valence electrons. The van der Waals surface area contributed by atoms with Crippen molar-refractivity contribution in [3.8, 4) is 11.5 Å². The first kappa shape index (κ1) is 14.9. The average molecular weight is 325 g/mol. The van der Waals surface area contributed by atoms with Crippen molar-refractivity contribution in [3.05, 3.63) is 54.0 Å². The second kappa shape index (κ2) is 6.43. The number of ether oxygens (including phenoxy) is 2. The molecular formula is C19H19NO4. The number of hydrogen-bond donors (Lipinski definition) is 0. The number of rotatable bonds is 3. The molecule has 5 heteroatoms. The fourth-order valence-electron chi connectivity index (χ4n) is 3.28. The quantitative estimate of drug-likeness (QED) is 0.811. The van der Waals surface area contributed by atoms with Crippen LogP contribution in [0.4, 0.5) is 0 Å². The summed E-state index contributed by atoms with van der Waals surface area (Å²) in [5, 5.41) is 0. The van der Waals surface area contributed by atoms with Crippen molar-refractivity contribution in [1.29, 1.82) is 0 Å². The van der Waals surface area contributed by atoms with Crippen molar-refractivity contribution in [2.75, 3.05) is 19.8 Å². The van der Waals surface area contributed by atoms with E-state index in [0.717, 1.165) is 36.4 Å². The average Bonchev–Trinajstić information content (AvgIpc) is 3.31. The first-order chi connectivity index (χ1) is 11.8. The zero-order valence-electron chi connectivity index (χ0n) is 13.3. The van der Waals surface area contributed by atoms with E-state index in [0.29, 0.717) is 19.0 Å². The largest absolute Gasteiger partial charge is 0.486 e. The number of hydrogen-bond acceptors (Lipinski definition) is 4. The Labute approximate surface area is 140 Å². The summed E-state index contributed by atoms with van der Waals surface area (Å²) in [6.07, 6.45) is 6.84. The molecule has 2 aliphatic heterocycles. The lowest BCUT2D eigenvalue weighted by Crippen LogP contribution is -2.29. The molecule has 0 radical (unpaired) electrons. The first-order valence-electron chi connectivity index (χ1n) is 8.23. The van der Waals surface area contributed by atoms with Crippen LogP contribution in [0.25, 0.3) is 6.08 Å². The highest BCUT2D eigenvalue weighted by atomic mass is 16.6. The van der Waals surface area contributed by atoms with E-state index in [2.05, 4.69) is 0 Å². The van der Waals surface area contributed by atoms with Gasteiger partial charge in [0.05, 0.1) is 12.3 Å². The van der Waals surface area contributed by atoms with Gasteiger partial charge in [-0.3, -0.25) is 4.79 Å². The molecule has 5 nitrogen and oxygen atoms in total. The van der Waals surface area contributed by atoms with E-state index in [1.807, 2.05) is 29.2 Å². The van der Waals surface area contributed by atoms with E-state index >= 15 is 0 Å². The standard InChI is InChI=1S/C19H19NO4/c21-19(8-6-15-3-2-10-22-15)20-9-1-4-16(20)14-5-7-17-18(13-14)24-12-11-23-17/h2-3,5-8,10,13,16H,1,4,9,11-12H2. The molecule has 1 fully saturated rings. The minimum absolute atomic E-state index is 0.00351. The van der Waals surface area contributed by atoms with Gasteiger partial charge in [0.2, 0.25) is 5.91 Å². The highest BCUT2D eigenvalue weighted by Crippen LogP contribution is 2.38. The number of furan rings is 1. The predicted molar refractivity (Wildman–Crippen MR) is 88.9 cm³/mol. The summed E-state index contributed by atoms with van der Waals surface area (Å²) >= 11 is 0. The zero-order valence-corrected chi connectivity index (χ0v) is 13.3. The molecule has 3 heterocycles. The number of nitrogens with zero attached hydrogens (tertiary/aromatic N) is 1. The van der Waals surface area contributed by atoms with Gasteiger partial charge in [0.15, 0.2) is 11.5 Å². The Morgan fingerprint density at radius 1 is 1.17 bits per heavy atom. The molecule has 0 saturated carbocycles. The molecule has 0 bridgehead atoms. The van der Waals surface area contributed by atoms with E-state index < -0.39 is 0 Å². The Morgan fingerprint density at radius 2 is 2.04 bits per heavy atom. The van der Waals surface area contributed by atoms with Crippen molar-refractivity contribution >= 4 is 12.0 Å². The molecule has 1 aromatic heterocycles.